The first-order chi connectivity index (χ1) is 9.92. The molecule has 4 nitrogen and oxygen atoms in total. The van der Waals surface area contributed by atoms with Crippen LogP contribution in [-0.2, 0) is 0 Å². The number of anilines is 1. The molecule has 0 aromatic carbocycles. The molecule has 106 valence electrons. The van der Waals surface area contributed by atoms with Crippen molar-refractivity contribution in [2.24, 2.45) is 5.92 Å². The van der Waals surface area contributed by atoms with Crippen molar-refractivity contribution in [1.82, 2.24) is 10.3 Å². The lowest BCUT2D eigenvalue weighted by molar-refractivity contribution is 0.375. The van der Waals surface area contributed by atoms with Crippen LogP contribution in [-0.4, -0.2) is 30.7 Å². The van der Waals surface area contributed by atoms with Gasteiger partial charge in [-0.25, -0.2) is 4.98 Å². The molecule has 3 heterocycles. The van der Waals surface area contributed by atoms with E-state index in [9.17, 15) is 0 Å². The Balaban J connectivity index is 1.63. The third kappa shape index (κ3) is 2.29. The minimum absolute atomic E-state index is 0.685. The molecule has 2 fully saturated rings. The van der Waals surface area contributed by atoms with E-state index in [4.69, 9.17) is 4.42 Å². The fourth-order valence-corrected chi connectivity index (χ4v) is 3.26. The molecule has 0 spiro atoms. The molecule has 1 saturated carbocycles. The smallest absolute Gasteiger partial charge is 0.139 e. The van der Waals surface area contributed by atoms with E-state index in [1.165, 1.54) is 32.2 Å². The number of aromatic nitrogens is 1. The van der Waals surface area contributed by atoms with Crippen molar-refractivity contribution in [3.63, 3.8) is 0 Å². The summed E-state index contributed by atoms with van der Waals surface area (Å²) in [6, 6.07) is 4.68. The lowest BCUT2D eigenvalue weighted by atomic mass is 9.99. The number of piperidine rings is 1. The summed E-state index contributed by atoms with van der Waals surface area (Å²) in [4.78, 5) is 7.18. The van der Waals surface area contributed by atoms with Crippen molar-refractivity contribution < 1.29 is 4.42 Å². The van der Waals surface area contributed by atoms with Crippen LogP contribution in [0.4, 0.5) is 5.82 Å². The van der Waals surface area contributed by atoms with Crippen LogP contribution >= 0.6 is 0 Å². The summed E-state index contributed by atoms with van der Waals surface area (Å²) >= 11 is 0. The van der Waals surface area contributed by atoms with E-state index in [1.807, 2.05) is 18.3 Å². The van der Waals surface area contributed by atoms with Gasteiger partial charge in [-0.15, -0.1) is 0 Å². The largest absolute Gasteiger partial charge is 0.464 e. The quantitative estimate of drug-likeness (QED) is 0.928. The number of furan rings is 1. The highest BCUT2D eigenvalue weighted by Crippen LogP contribution is 2.35. The van der Waals surface area contributed by atoms with Crippen LogP contribution in [0.1, 0.15) is 25.7 Å². The molecule has 1 unspecified atom stereocenters. The summed E-state index contributed by atoms with van der Waals surface area (Å²) in [5.41, 5.74) is 0.947. The molecule has 1 N–H and O–H groups in total. The van der Waals surface area contributed by atoms with E-state index < -0.39 is 0 Å². The normalized spacial score (nSPS) is 23.1. The zero-order chi connectivity index (χ0) is 13.4. The Morgan fingerprint density at radius 3 is 3.05 bits per heavy atom. The summed E-state index contributed by atoms with van der Waals surface area (Å²) in [6.07, 6.45) is 8.87. The van der Waals surface area contributed by atoms with Gasteiger partial charge in [0.2, 0.25) is 0 Å². The molecule has 4 rings (SSSR count). The average Bonchev–Trinajstić information content (AvgIpc) is 3.22. The summed E-state index contributed by atoms with van der Waals surface area (Å²) in [7, 11) is 0. The molecule has 0 amide bonds. The SMILES string of the molecule is c1cc2occc2c(N(CC2CCCNC2)C2CC2)n1. The number of hydrogen-bond acceptors (Lipinski definition) is 4. The molecule has 20 heavy (non-hydrogen) atoms. The summed E-state index contributed by atoms with van der Waals surface area (Å²) < 4.78 is 5.52. The van der Waals surface area contributed by atoms with Crippen molar-refractivity contribution in [2.75, 3.05) is 24.5 Å². The van der Waals surface area contributed by atoms with Gasteiger partial charge in [-0.3, -0.25) is 0 Å². The highest BCUT2D eigenvalue weighted by molar-refractivity contribution is 5.88. The van der Waals surface area contributed by atoms with Gasteiger partial charge in [-0.05, 0) is 56.8 Å². The van der Waals surface area contributed by atoms with Crippen LogP contribution in [0.15, 0.2) is 29.0 Å². The average molecular weight is 271 g/mol. The van der Waals surface area contributed by atoms with Gasteiger partial charge in [0.1, 0.15) is 11.4 Å². The lowest BCUT2D eigenvalue weighted by Crippen LogP contribution is -2.39. The Morgan fingerprint density at radius 1 is 1.30 bits per heavy atom. The number of pyridine rings is 1. The molecule has 1 saturated heterocycles. The summed E-state index contributed by atoms with van der Waals surface area (Å²) in [5.74, 6) is 1.86. The highest BCUT2D eigenvalue weighted by Gasteiger charge is 2.33. The van der Waals surface area contributed by atoms with E-state index in [-0.39, 0.29) is 0 Å². The molecule has 1 aliphatic heterocycles. The van der Waals surface area contributed by atoms with Crippen LogP contribution in [0.2, 0.25) is 0 Å². The third-order valence-electron chi connectivity index (χ3n) is 4.47. The first kappa shape index (κ1) is 12.2. The van der Waals surface area contributed by atoms with Gasteiger partial charge >= 0.3 is 0 Å². The van der Waals surface area contributed by atoms with Gasteiger partial charge in [0.25, 0.3) is 0 Å². The standard InChI is InChI=1S/C16H21N3O/c1-2-12(10-17-7-1)11-19(13-3-4-13)16-14-6-9-20-15(14)5-8-18-16/h5-6,8-9,12-13,17H,1-4,7,10-11H2. The Bertz CT molecular complexity index is 584. The Hall–Kier alpha value is -1.55. The van der Waals surface area contributed by atoms with Gasteiger partial charge in [0, 0.05) is 18.8 Å². The molecule has 2 aromatic heterocycles. The zero-order valence-electron chi connectivity index (χ0n) is 11.7. The van der Waals surface area contributed by atoms with Gasteiger partial charge in [-0.2, -0.15) is 0 Å². The maximum absolute atomic E-state index is 5.52. The topological polar surface area (TPSA) is 41.3 Å². The predicted molar refractivity (Wildman–Crippen MR) is 80.0 cm³/mol. The van der Waals surface area contributed by atoms with Gasteiger partial charge < -0.3 is 14.6 Å². The molecule has 1 aliphatic carbocycles. The van der Waals surface area contributed by atoms with E-state index in [0.717, 1.165) is 35.8 Å². The van der Waals surface area contributed by atoms with Gasteiger partial charge in [0.05, 0.1) is 11.6 Å². The van der Waals surface area contributed by atoms with Crippen molar-refractivity contribution in [1.29, 1.82) is 0 Å². The Labute approximate surface area is 119 Å². The van der Waals surface area contributed by atoms with E-state index in [0.29, 0.717) is 6.04 Å². The van der Waals surface area contributed by atoms with Crippen LogP contribution < -0.4 is 10.2 Å². The predicted octanol–water partition coefficient (Wildman–Crippen LogP) is 2.80. The first-order valence-electron chi connectivity index (χ1n) is 7.71. The summed E-state index contributed by atoms with van der Waals surface area (Å²) in [6.45, 7) is 3.44. The van der Waals surface area contributed by atoms with E-state index in [1.54, 1.807) is 6.26 Å². The minimum Gasteiger partial charge on any atom is -0.464 e. The molecule has 0 bridgehead atoms. The highest BCUT2D eigenvalue weighted by atomic mass is 16.3. The number of fused-ring (bicyclic) bond motifs is 1. The van der Waals surface area contributed by atoms with Gasteiger partial charge in [-0.1, -0.05) is 0 Å². The van der Waals surface area contributed by atoms with Crippen LogP contribution in [0.3, 0.4) is 0 Å². The maximum atomic E-state index is 5.52. The lowest BCUT2D eigenvalue weighted by Gasteiger charge is -2.31. The number of nitrogens with one attached hydrogen (secondary N) is 1. The molecule has 2 aromatic rings. The van der Waals surface area contributed by atoms with Gasteiger partial charge in [0.15, 0.2) is 0 Å². The van der Waals surface area contributed by atoms with Crippen molar-refractivity contribution in [2.45, 2.75) is 31.7 Å². The van der Waals surface area contributed by atoms with E-state index >= 15 is 0 Å². The van der Waals surface area contributed by atoms with Crippen molar-refractivity contribution >= 4 is 16.8 Å². The third-order valence-corrected chi connectivity index (χ3v) is 4.47. The molecule has 1 atom stereocenters. The fourth-order valence-electron chi connectivity index (χ4n) is 3.26. The minimum atomic E-state index is 0.685. The maximum Gasteiger partial charge on any atom is 0.139 e. The van der Waals surface area contributed by atoms with Crippen LogP contribution in [0.25, 0.3) is 11.0 Å². The van der Waals surface area contributed by atoms with Crippen LogP contribution in [0.5, 0.6) is 0 Å². The van der Waals surface area contributed by atoms with Crippen molar-refractivity contribution in [3.05, 3.63) is 24.6 Å². The molecule has 2 aliphatic rings. The Kier molecular flexibility index (Phi) is 3.11. The second-order valence-electron chi connectivity index (χ2n) is 6.06. The molecule has 0 radical (unpaired) electrons. The number of nitrogens with zero attached hydrogens (tertiary/aromatic N) is 2. The monoisotopic (exact) mass is 271 g/mol. The second kappa shape index (κ2) is 5.09. The summed E-state index contributed by atoms with van der Waals surface area (Å²) in [5, 5.41) is 4.67. The first-order valence-corrected chi connectivity index (χ1v) is 7.71. The number of rotatable bonds is 4. The second-order valence-corrected chi connectivity index (χ2v) is 6.06. The van der Waals surface area contributed by atoms with E-state index in [2.05, 4.69) is 15.2 Å². The van der Waals surface area contributed by atoms with Crippen molar-refractivity contribution in [3.8, 4) is 0 Å². The Morgan fingerprint density at radius 2 is 2.25 bits per heavy atom. The number of hydrogen-bond donors (Lipinski definition) is 1. The fraction of sp³-hybridized carbons (Fsp3) is 0.562. The molecule has 4 heteroatoms. The van der Waals surface area contributed by atoms with Crippen LogP contribution in [0, 0.1) is 5.92 Å². The zero-order valence-corrected chi connectivity index (χ0v) is 11.7. The molecular formula is C16H21N3O. The molecular weight excluding hydrogens is 250 g/mol.